The molecule has 0 aliphatic rings. The number of hydrogen-bond donors (Lipinski definition) is 1. The SMILES string of the molecule is CN(C)CC(=O)N(C)CCOc1cccc2ncnc(Nc3ccc(OCc4ccccn4)c(Cl)c3)c12. The number of rotatable bonds is 11. The number of halogens is 1. The zero-order valence-electron chi connectivity index (χ0n) is 21.0. The summed E-state index contributed by atoms with van der Waals surface area (Å²) in [6.45, 7) is 1.45. The molecule has 4 rings (SSSR count). The molecule has 0 bridgehead atoms. The number of anilines is 2. The Kier molecular flexibility index (Phi) is 8.71. The van der Waals surface area contributed by atoms with Gasteiger partial charge in [-0.15, -0.1) is 0 Å². The van der Waals surface area contributed by atoms with E-state index in [1.54, 1.807) is 30.3 Å². The normalized spacial score (nSPS) is 10.9. The van der Waals surface area contributed by atoms with Crippen molar-refractivity contribution in [3.05, 3.63) is 77.8 Å². The summed E-state index contributed by atoms with van der Waals surface area (Å²) in [5.74, 6) is 1.79. The smallest absolute Gasteiger partial charge is 0.236 e. The summed E-state index contributed by atoms with van der Waals surface area (Å²) in [4.78, 5) is 28.8. The molecule has 0 aliphatic carbocycles. The molecule has 2 aromatic carbocycles. The molecule has 0 spiro atoms. The Hall–Kier alpha value is -3.95. The number of nitrogens with zero attached hydrogens (tertiary/aromatic N) is 5. The van der Waals surface area contributed by atoms with Crippen LogP contribution in [0.5, 0.6) is 11.5 Å². The number of benzene rings is 2. The Morgan fingerprint density at radius 3 is 2.59 bits per heavy atom. The molecule has 2 aromatic heterocycles. The van der Waals surface area contributed by atoms with Crippen molar-refractivity contribution < 1.29 is 14.3 Å². The van der Waals surface area contributed by atoms with E-state index in [9.17, 15) is 4.79 Å². The first-order valence-electron chi connectivity index (χ1n) is 11.7. The van der Waals surface area contributed by atoms with Crippen LogP contribution in [0.25, 0.3) is 10.9 Å². The number of carbonyl (C=O) groups is 1. The number of likely N-dealkylation sites (N-methyl/N-ethyl adjacent to an activating group) is 2. The molecule has 10 heteroatoms. The van der Waals surface area contributed by atoms with Gasteiger partial charge >= 0.3 is 0 Å². The highest BCUT2D eigenvalue weighted by molar-refractivity contribution is 6.32. The van der Waals surface area contributed by atoms with Gasteiger partial charge in [-0.3, -0.25) is 9.78 Å². The van der Waals surface area contributed by atoms with Crippen molar-refractivity contribution in [1.82, 2.24) is 24.8 Å². The van der Waals surface area contributed by atoms with Crippen LogP contribution in [0.2, 0.25) is 5.02 Å². The highest BCUT2D eigenvalue weighted by atomic mass is 35.5. The van der Waals surface area contributed by atoms with Crippen LogP contribution in [-0.4, -0.2) is 71.5 Å². The van der Waals surface area contributed by atoms with Gasteiger partial charge in [-0.2, -0.15) is 0 Å². The first-order chi connectivity index (χ1) is 17.9. The Labute approximate surface area is 221 Å². The van der Waals surface area contributed by atoms with Crippen LogP contribution < -0.4 is 14.8 Å². The molecule has 1 amide bonds. The molecule has 2 heterocycles. The zero-order chi connectivity index (χ0) is 26.2. The summed E-state index contributed by atoms with van der Waals surface area (Å²) in [5.41, 5.74) is 2.28. The molecule has 0 atom stereocenters. The van der Waals surface area contributed by atoms with E-state index in [-0.39, 0.29) is 5.91 Å². The maximum absolute atomic E-state index is 12.2. The average Bonchev–Trinajstić information content (AvgIpc) is 2.88. The first-order valence-corrected chi connectivity index (χ1v) is 12.1. The van der Waals surface area contributed by atoms with Gasteiger partial charge < -0.3 is 24.6 Å². The van der Waals surface area contributed by atoms with Crippen LogP contribution in [-0.2, 0) is 11.4 Å². The summed E-state index contributed by atoms with van der Waals surface area (Å²) in [6, 6.07) is 16.7. The first kappa shape index (κ1) is 26.1. The Morgan fingerprint density at radius 1 is 0.973 bits per heavy atom. The van der Waals surface area contributed by atoms with Gasteiger partial charge in [0.1, 0.15) is 36.9 Å². The van der Waals surface area contributed by atoms with Gasteiger partial charge in [0.15, 0.2) is 0 Å². The van der Waals surface area contributed by atoms with Gasteiger partial charge in [0, 0.05) is 18.9 Å². The number of carbonyl (C=O) groups excluding carboxylic acids is 1. The fourth-order valence-corrected chi connectivity index (χ4v) is 3.80. The highest BCUT2D eigenvalue weighted by Crippen LogP contribution is 2.34. The molecule has 0 saturated carbocycles. The third-order valence-electron chi connectivity index (χ3n) is 5.48. The molecule has 0 aliphatic heterocycles. The second-order valence-electron chi connectivity index (χ2n) is 8.65. The van der Waals surface area contributed by atoms with Crippen LogP contribution in [0.3, 0.4) is 0 Å². The Balaban J connectivity index is 1.46. The molecular formula is C27H29ClN6O3. The third-order valence-corrected chi connectivity index (χ3v) is 5.78. The van der Waals surface area contributed by atoms with E-state index in [0.29, 0.717) is 48.6 Å². The predicted molar refractivity (Wildman–Crippen MR) is 145 cm³/mol. The minimum Gasteiger partial charge on any atom is -0.491 e. The minimum absolute atomic E-state index is 0.0292. The molecule has 0 unspecified atom stereocenters. The van der Waals surface area contributed by atoms with Crippen LogP contribution >= 0.6 is 11.6 Å². The Morgan fingerprint density at radius 2 is 1.84 bits per heavy atom. The lowest BCUT2D eigenvalue weighted by Gasteiger charge is -2.20. The molecule has 9 nitrogen and oxygen atoms in total. The number of aromatic nitrogens is 3. The highest BCUT2D eigenvalue weighted by Gasteiger charge is 2.14. The van der Waals surface area contributed by atoms with Crippen molar-refractivity contribution in [3.63, 3.8) is 0 Å². The average molecular weight is 521 g/mol. The lowest BCUT2D eigenvalue weighted by molar-refractivity contribution is -0.130. The summed E-state index contributed by atoms with van der Waals surface area (Å²) >= 11 is 6.49. The number of ether oxygens (including phenoxy) is 2. The van der Waals surface area contributed by atoms with E-state index in [4.69, 9.17) is 21.1 Å². The van der Waals surface area contributed by atoms with Gasteiger partial charge in [-0.05, 0) is 56.6 Å². The van der Waals surface area contributed by atoms with Gasteiger partial charge in [-0.25, -0.2) is 9.97 Å². The van der Waals surface area contributed by atoms with E-state index >= 15 is 0 Å². The molecule has 4 aromatic rings. The van der Waals surface area contributed by atoms with E-state index in [0.717, 1.165) is 22.3 Å². The summed E-state index contributed by atoms with van der Waals surface area (Å²) in [5, 5.41) is 4.51. The lowest BCUT2D eigenvalue weighted by Crippen LogP contribution is -2.37. The molecule has 37 heavy (non-hydrogen) atoms. The summed E-state index contributed by atoms with van der Waals surface area (Å²) in [7, 11) is 5.49. The van der Waals surface area contributed by atoms with E-state index in [1.807, 2.05) is 61.5 Å². The maximum Gasteiger partial charge on any atom is 0.236 e. The minimum atomic E-state index is 0.0292. The maximum atomic E-state index is 12.2. The standard InChI is InChI=1S/C27H29ClN6O3/c1-33(2)16-25(35)34(3)13-14-36-24-9-6-8-22-26(24)27(31-18-30-22)32-19-10-11-23(21(28)15-19)37-17-20-7-4-5-12-29-20/h4-12,15,18H,13-14,16-17H2,1-3H3,(H,30,31,32). The largest absolute Gasteiger partial charge is 0.491 e. The second kappa shape index (κ2) is 12.3. The molecule has 0 radical (unpaired) electrons. The van der Waals surface area contributed by atoms with E-state index < -0.39 is 0 Å². The predicted octanol–water partition coefficient (Wildman–Crippen LogP) is 4.40. The van der Waals surface area contributed by atoms with Crippen LogP contribution in [0.15, 0.2) is 67.1 Å². The number of amides is 1. The van der Waals surface area contributed by atoms with Gasteiger partial charge in [0.05, 0.1) is 34.7 Å². The number of fused-ring (bicyclic) bond motifs is 1. The van der Waals surface area contributed by atoms with E-state index in [1.165, 1.54) is 6.33 Å². The fraction of sp³-hybridized carbons (Fsp3) is 0.259. The van der Waals surface area contributed by atoms with Crippen molar-refractivity contribution in [3.8, 4) is 11.5 Å². The number of pyridine rings is 1. The molecule has 1 N–H and O–H groups in total. The Bertz CT molecular complexity index is 1350. The number of nitrogens with one attached hydrogen (secondary N) is 1. The monoisotopic (exact) mass is 520 g/mol. The van der Waals surface area contributed by atoms with Crippen molar-refractivity contribution in [2.75, 3.05) is 46.2 Å². The lowest BCUT2D eigenvalue weighted by atomic mass is 10.2. The molecule has 192 valence electrons. The molecule has 0 saturated heterocycles. The van der Waals surface area contributed by atoms with Crippen molar-refractivity contribution in [1.29, 1.82) is 0 Å². The molecule has 0 fully saturated rings. The molecular weight excluding hydrogens is 492 g/mol. The summed E-state index contributed by atoms with van der Waals surface area (Å²) < 4.78 is 11.9. The fourth-order valence-electron chi connectivity index (χ4n) is 3.57. The van der Waals surface area contributed by atoms with Crippen LogP contribution in [0.1, 0.15) is 5.69 Å². The van der Waals surface area contributed by atoms with Crippen molar-refractivity contribution in [2.24, 2.45) is 0 Å². The quantitative estimate of drug-likeness (QED) is 0.311. The third kappa shape index (κ3) is 7.05. The van der Waals surface area contributed by atoms with Crippen molar-refractivity contribution in [2.45, 2.75) is 6.61 Å². The van der Waals surface area contributed by atoms with Gasteiger partial charge in [-0.1, -0.05) is 23.7 Å². The topological polar surface area (TPSA) is 92.7 Å². The van der Waals surface area contributed by atoms with Gasteiger partial charge in [0.25, 0.3) is 0 Å². The zero-order valence-corrected chi connectivity index (χ0v) is 21.8. The van der Waals surface area contributed by atoms with Gasteiger partial charge in [0.2, 0.25) is 5.91 Å². The summed E-state index contributed by atoms with van der Waals surface area (Å²) in [6.07, 6.45) is 3.22. The second-order valence-corrected chi connectivity index (χ2v) is 9.06. The van der Waals surface area contributed by atoms with E-state index in [2.05, 4.69) is 20.3 Å². The van der Waals surface area contributed by atoms with Crippen molar-refractivity contribution >= 4 is 39.9 Å². The van der Waals surface area contributed by atoms with Crippen LogP contribution in [0, 0.1) is 0 Å². The van der Waals surface area contributed by atoms with Crippen LogP contribution in [0.4, 0.5) is 11.5 Å². The number of hydrogen-bond acceptors (Lipinski definition) is 8.